The predicted octanol–water partition coefficient (Wildman–Crippen LogP) is 3.18. The largest absolute Gasteiger partial charge is 0.453 e. The first-order valence-electron chi connectivity index (χ1n) is 4.80. The maximum absolute atomic E-state index is 12.7. The third-order valence-corrected chi connectivity index (χ3v) is 2.30. The van der Waals surface area contributed by atoms with E-state index in [0.717, 1.165) is 6.07 Å². The summed E-state index contributed by atoms with van der Waals surface area (Å²) in [5, 5.41) is 18.1. The van der Waals surface area contributed by atoms with Crippen molar-refractivity contribution < 1.29 is 27.1 Å². The van der Waals surface area contributed by atoms with Gasteiger partial charge in [-0.2, -0.15) is 27.2 Å². The molecule has 0 aliphatic heterocycles. The summed E-state index contributed by atoms with van der Waals surface area (Å²) in [6, 6.07) is 6.73. The molecule has 0 aliphatic carbocycles. The molecular formula is C11H8F5NO. The van der Waals surface area contributed by atoms with Crippen molar-refractivity contribution in [1.29, 1.82) is 5.26 Å². The topological polar surface area (TPSA) is 44.0 Å². The van der Waals surface area contributed by atoms with Crippen molar-refractivity contribution in [3.05, 3.63) is 35.4 Å². The molecule has 1 N–H and O–H groups in total. The van der Waals surface area contributed by atoms with Crippen LogP contribution in [0.3, 0.4) is 0 Å². The normalized spacial score (nSPS) is 14.1. The second-order valence-corrected chi connectivity index (χ2v) is 3.62. The number of halogens is 5. The van der Waals surface area contributed by atoms with Crippen molar-refractivity contribution >= 4 is 0 Å². The lowest BCUT2D eigenvalue weighted by Gasteiger charge is -2.22. The molecule has 0 spiro atoms. The number of rotatable bonds is 3. The molecule has 1 rings (SSSR count). The van der Waals surface area contributed by atoms with Gasteiger partial charge in [-0.15, -0.1) is 0 Å². The Kier molecular flexibility index (Phi) is 3.92. The Morgan fingerprint density at radius 1 is 1.17 bits per heavy atom. The highest BCUT2D eigenvalue weighted by Gasteiger charge is 2.58. The first-order valence-corrected chi connectivity index (χ1v) is 4.80. The number of aliphatic hydroxyl groups excluding tert-OH is 1. The quantitative estimate of drug-likeness (QED) is 0.853. The molecule has 1 aromatic rings. The summed E-state index contributed by atoms with van der Waals surface area (Å²) >= 11 is 0. The molecule has 1 atom stereocenters. The van der Waals surface area contributed by atoms with E-state index in [9.17, 15) is 27.1 Å². The van der Waals surface area contributed by atoms with E-state index in [-0.39, 0.29) is 11.1 Å². The van der Waals surface area contributed by atoms with Crippen molar-refractivity contribution in [1.82, 2.24) is 0 Å². The molecule has 0 aliphatic rings. The highest BCUT2D eigenvalue weighted by molar-refractivity contribution is 5.38. The average molecular weight is 265 g/mol. The number of benzene rings is 1. The van der Waals surface area contributed by atoms with E-state index in [1.165, 1.54) is 18.2 Å². The van der Waals surface area contributed by atoms with Crippen LogP contribution < -0.4 is 0 Å². The van der Waals surface area contributed by atoms with Gasteiger partial charge in [-0.05, 0) is 11.6 Å². The Hall–Kier alpha value is -1.68. The molecule has 0 heterocycles. The van der Waals surface area contributed by atoms with E-state index in [0.29, 0.717) is 0 Å². The lowest BCUT2D eigenvalue weighted by Crippen LogP contribution is -2.37. The van der Waals surface area contributed by atoms with Crippen LogP contribution in [0.5, 0.6) is 0 Å². The van der Waals surface area contributed by atoms with E-state index in [4.69, 9.17) is 5.26 Å². The van der Waals surface area contributed by atoms with Crippen LogP contribution in [-0.2, 0) is 0 Å². The maximum Gasteiger partial charge on any atom is 0.453 e. The SMILES string of the molecule is N#Cc1ccccc1C(O)CC(F)(F)C(F)(F)F. The number of nitriles is 1. The Balaban J connectivity index is 2.97. The summed E-state index contributed by atoms with van der Waals surface area (Å²) < 4.78 is 61.4. The van der Waals surface area contributed by atoms with Gasteiger partial charge in [-0.25, -0.2) is 0 Å². The Morgan fingerprint density at radius 3 is 2.22 bits per heavy atom. The standard InChI is InChI=1S/C11H8F5NO/c12-10(13,11(14,15)16)5-9(18)8-4-2-1-3-7(8)6-17/h1-4,9,18H,5H2. The monoisotopic (exact) mass is 265 g/mol. The number of nitrogens with zero attached hydrogens (tertiary/aromatic N) is 1. The minimum Gasteiger partial charge on any atom is -0.388 e. The molecular weight excluding hydrogens is 257 g/mol. The first kappa shape index (κ1) is 14.4. The minimum absolute atomic E-state index is 0.136. The Bertz CT molecular complexity index is 463. The summed E-state index contributed by atoms with van der Waals surface area (Å²) in [4.78, 5) is 0. The van der Waals surface area contributed by atoms with Gasteiger partial charge in [0.25, 0.3) is 0 Å². The van der Waals surface area contributed by atoms with E-state index >= 15 is 0 Å². The Labute approximate surface area is 99.3 Å². The van der Waals surface area contributed by atoms with Gasteiger partial charge in [-0.3, -0.25) is 0 Å². The molecule has 7 heteroatoms. The first-order chi connectivity index (χ1) is 8.19. The molecule has 0 bridgehead atoms. The highest BCUT2D eigenvalue weighted by atomic mass is 19.4. The van der Waals surface area contributed by atoms with Gasteiger partial charge in [0.15, 0.2) is 0 Å². The second-order valence-electron chi connectivity index (χ2n) is 3.62. The van der Waals surface area contributed by atoms with Crippen molar-refractivity contribution in [3.63, 3.8) is 0 Å². The molecule has 0 amide bonds. The van der Waals surface area contributed by atoms with Crippen LogP contribution in [-0.4, -0.2) is 17.2 Å². The molecule has 1 aromatic carbocycles. The van der Waals surface area contributed by atoms with Crippen molar-refractivity contribution in [2.75, 3.05) is 0 Å². The van der Waals surface area contributed by atoms with Gasteiger partial charge in [0, 0.05) is 0 Å². The zero-order valence-electron chi connectivity index (χ0n) is 8.88. The third kappa shape index (κ3) is 2.96. The average Bonchev–Trinajstić information content (AvgIpc) is 2.26. The number of hydrogen-bond donors (Lipinski definition) is 1. The van der Waals surface area contributed by atoms with E-state index in [1.54, 1.807) is 6.07 Å². The van der Waals surface area contributed by atoms with Crippen LogP contribution in [0.2, 0.25) is 0 Å². The fraction of sp³-hybridized carbons (Fsp3) is 0.364. The van der Waals surface area contributed by atoms with E-state index < -0.39 is 24.6 Å². The van der Waals surface area contributed by atoms with Crippen LogP contribution in [0.15, 0.2) is 24.3 Å². The molecule has 1 unspecified atom stereocenters. The summed E-state index contributed by atoms with van der Waals surface area (Å²) in [6.45, 7) is 0. The van der Waals surface area contributed by atoms with Crippen molar-refractivity contribution in [2.24, 2.45) is 0 Å². The zero-order valence-corrected chi connectivity index (χ0v) is 8.88. The fourth-order valence-electron chi connectivity index (χ4n) is 1.36. The lowest BCUT2D eigenvalue weighted by atomic mass is 9.98. The molecule has 2 nitrogen and oxygen atoms in total. The lowest BCUT2D eigenvalue weighted by molar-refractivity contribution is -0.290. The third-order valence-electron chi connectivity index (χ3n) is 2.30. The van der Waals surface area contributed by atoms with Crippen molar-refractivity contribution in [2.45, 2.75) is 24.6 Å². The predicted molar refractivity (Wildman–Crippen MR) is 51.7 cm³/mol. The minimum atomic E-state index is -5.73. The second kappa shape index (κ2) is 4.90. The maximum atomic E-state index is 12.7. The molecule has 98 valence electrons. The molecule has 0 radical (unpaired) electrons. The number of hydrogen-bond acceptors (Lipinski definition) is 2. The molecule has 0 saturated carbocycles. The van der Waals surface area contributed by atoms with Gasteiger partial charge in [0.05, 0.1) is 24.2 Å². The van der Waals surface area contributed by atoms with Crippen LogP contribution in [0.1, 0.15) is 23.7 Å². The zero-order chi connectivity index (χ0) is 14.0. The molecule has 0 fully saturated rings. The van der Waals surface area contributed by atoms with E-state index in [2.05, 4.69) is 0 Å². The molecule has 0 aromatic heterocycles. The van der Waals surface area contributed by atoms with Gasteiger partial charge in [-0.1, -0.05) is 18.2 Å². The number of alkyl halides is 5. The van der Waals surface area contributed by atoms with Crippen LogP contribution in [0.4, 0.5) is 22.0 Å². The van der Waals surface area contributed by atoms with Crippen LogP contribution >= 0.6 is 0 Å². The van der Waals surface area contributed by atoms with Gasteiger partial charge in [0.1, 0.15) is 0 Å². The molecule has 0 saturated heterocycles. The molecule has 18 heavy (non-hydrogen) atoms. The smallest absolute Gasteiger partial charge is 0.388 e. The summed E-state index contributed by atoms with van der Waals surface area (Å²) in [5.41, 5.74) is -0.383. The summed E-state index contributed by atoms with van der Waals surface area (Å²) in [7, 11) is 0. The van der Waals surface area contributed by atoms with Gasteiger partial charge < -0.3 is 5.11 Å². The highest BCUT2D eigenvalue weighted by Crippen LogP contribution is 2.41. The van der Waals surface area contributed by atoms with Gasteiger partial charge in [0.2, 0.25) is 0 Å². The Morgan fingerprint density at radius 2 is 1.72 bits per heavy atom. The summed E-state index contributed by atoms with van der Waals surface area (Å²) in [5.74, 6) is -5.00. The van der Waals surface area contributed by atoms with Gasteiger partial charge >= 0.3 is 12.1 Å². The fourth-order valence-corrected chi connectivity index (χ4v) is 1.36. The van der Waals surface area contributed by atoms with Crippen molar-refractivity contribution in [3.8, 4) is 6.07 Å². The van der Waals surface area contributed by atoms with Crippen LogP contribution in [0, 0.1) is 11.3 Å². The summed E-state index contributed by atoms with van der Waals surface area (Å²) in [6.07, 6.45) is -9.59. The van der Waals surface area contributed by atoms with Crippen LogP contribution in [0.25, 0.3) is 0 Å². The number of aliphatic hydroxyl groups is 1. The van der Waals surface area contributed by atoms with E-state index in [1.807, 2.05) is 0 Å².